The third-order valence-corrected chi connectivity index (χ3v) is 3.97. The van der Waals surface area contributed by atoms with E-state index >= 15 is 0 Å². The van der Waals surface area contributed by atoms with E-state index < -0.39 is 10.8 Å². The van der Waals surface area contributed by atoms with E-state index in [4.69, 9.17) is 0 Å². The number of nitrogens with one attached hydrogen (secondary N) is 1. The molecule has 2 N–H and O–H groups in total. The fraction of sp³-hybridized carbons (Fsp3) is 0.0625. The standard InChI is InChI=1S/C16H11BrN4O4/c17-10-3-6-12-13(8-10)18-16(23)15(12)20-19-14(22)7-9-1-4-11(5-2-9)21(24)25/h1-6,8,18,23H,7H2. The Morgan fingerprint density at radius 1 is 1.24 bits per heavy atom. The van der Waals surface area contributed by atoms with Gasteiger partial charge in [0.1, 0.15) is 0 Å². The van der Waals surface area contributed by atoms with Crippen molar-refractivity contribution in [2.45, 2.75) is 6.42 Å². The summed E-state index contributed by atoms with van der Waals surface area (Å²) in [4.78, 5) is 24.8. The van der Waals surface area contributed by atoms with Crippen LogP contribution in [-0.4, -0.2) is 20.9 Å². The number of hydrogen-bond donors (Lipinski definition) is 2. The van der Waals surface area contributed by atoms with Gasteiger partial charge in [0.15, 0.2) is 5.69 Å². The number of aromatic nitrogens is 1. The lowest BCUT2D eigenvalue weighted by molar-refractivity contribution is -0.384. The zero-order valence-corrected chi connectivity index (χ0v) is 14.2. The second kappa shape index (κ2) is 6.81. The number of carbonyl (C=O) groups excluding carboxylic acids is 1. The van der Waals surface area contributed by atoms with Gasteiger partial charge in [0.25, 0.3) is 11.6 Å². The lowest BCUT2D eigenvalue weighted by Crippen LogP contribution is -1.98. The van der Waals surface area contributed by atoms with E-state index in [0.717, 1.165) is 4.47 Å². The Morgan fingerprint density at radius 2 is 1.96 bits per heavy atom. The van der Waals surface area contributed by atoms with Crippen LogP contribution in [0.2, 0.25) is 0 Å². The molecular weight excluding hydrogens is 392 g/mol. The van der Waals surface area contributed by atoms with Gasteiger partial charge in [0.2, 0.25) is 5.88 Å². The van der Waals surface area contributed by atoms with Crippen LogP contribution >= 0.6 is 15.9 Å². The smallest absolute Gasteiger partial charge is 0.269 e. The quantitative estimate of drug-likeness (QED) is 0.381. The second-order valence-corrected chi connectivity index (χ2v) is 6.12. The molecule has 1 amide bonds. The summed E-state index contributed by atoms with van der Waals surface area (Å²) >= 11 is 3.33. The number of nitro groups is 1. The Morgan fingerprint density at radius 3 is 2.64 bits per heavy atom. The third kappa shape index (κ3) is 3.72. The summed E-state index contributed by atoms with van der Waals surface area (Å²) in [6.45, 7) is 0. The van der Waals surface area contributed by atoms with Gasteiger partial charge in [-0.2, -0.15) is 0 Å². The number of azo groups is 1. The average Bonchev–Trinajstić information content (AvgIpc) is 2.87. The van der Waals surface area contributed by atoms with Crippen molar-refractivity contribution in [2.24, 2.45) is 10.2 Å². The van der Waals surface area contributed by atoms with Crippen LogP contribution in [0.15, 0.2) is 57.2 Å². The van der Waals surface area contributed by atoms with Crippen molar-refractivity contribution >= 4 is 44.1 Å². The molecule has 0 saturated carbocycles. The molecule has 0 saturated heterocycles. The van der Waals surface area contributed by atoms with Crippen LogP contribution in [0.5, 0.6) is 5.88 Å². The molecule has 3 aromatic rings. The molecule has 0 fully saturated rings. The van der Waals surface area contributed by atoms with E-state index in [2.05, 4.69) is 31.1 Å². The molecule has 1 heterocycles. The summed E-state index contributed by atoms with van der Waals surface area (Å²) in [6.07, 6.45) is -0.0455. The number of aromatic amines is 1. The molecule has 9 heteroatoms. The average molecular weight is 403 g/mol. The molecule has 1 aromatic heterocycles. The van der Waals surface area contributed by atoms with E-state index in [0.29, 0.717) is 16.5 Å². The minimum Gasteiger partial charge on any atom is -0.493 e. The molecule has 0 bridgehead atoms. The first-order chi connectivity index (χ1) is 11.9. The number of carbonyl (C=O) groups is 1. The van der Waals surface area contributed by atoms with E-state index in [-0.39, 0.29) is 23.7 Å². The molecular formula is C16H11BrN4O4. The molecule has 2 aromatic carbocycles. The normalized spacial score (nSPS) is 11.2. The Balaban J connectivity index is 1.76. The summed E-state index contributed by atoms with van der Waals surface area (Å²) in [5.74, 6) is -0.709. The van der Waals surface area contributed by atoms with Gasteiger partial charge in [-0.15, -0.1) is 10.2 Å². The van der Waals surface area contributed by atoms with Crippen LogP contribution < -0.4 is 0 Å². The van der Waals surface area contributed by atoms with Crippen LogP contribution in [0.4, 0.5) is 11.4 Å². The molecule has 126 valence electrons. The Bertz CT molecular complexity index is 995. The molecule has 0 aliphatic carbocycles. The number of aromatic hydroxyl groups is 1. The number of H-pyrrole nitrogens is 1. The number of nitrogens with zero attached hydrogens (tertiary/aromatic N) is 3. The number of non-ortho nitro benzene ring substituents is 1. The van der Waals surface area contributed by atoms with Gasteiger partial charge >= 0.3 is 0 Å². The molecule has 8 nitrogen and oxygen atoms in total. The zero-order valence-electron chi connectivity index (χ0n) is 12.6. The molecule has 3 rings (SSSR count). The molecule has 0 atom stereocenters. The largest absolute Gasteiger partial charge is 0.493 e. The fourth-order valence-corrected chi connectivity index (χ4v) is 2.65. The van der Waals surface area contributed by atoms with E-state index in [9.17, 15) is 20.0 Å². The van der Waals surface area contributed by atoms with Crippen LogP contribution in [0.3, 0.4) is 0 Å². The van der Waals surface area contributed by atoms with Gasteiger partial charge in [-0.25, -0.2) is 0 Å². The van der Waals surface area contributed by atoms with Gasteiger partial charge in [0.05, 0.1) is 16.9 Å². The molecule has 0 unspecified atom stereocenters. The highest BCUT2D eigenvalue weighted by Gasteiger charge is 2.12. The van der Waals surface area contributed by atoms with Gasteiger partial charge in [0, 0.05) is 22.0 Å². The number of rotatable bonds is 4. The number of hydrogen-bond acceptors (Lipinski definition) is 5. The highest BCUT2D eigenvalue weighted by atomic mass is 79.9. The summed E-state index contributed by atoms with van der Waals surface area (Å²) in [7, 11) is 0. The summed E-state index contributed by atoms with van der Waals surface area (Å²) in [5.41, 5.74) is 1.37. The maximum atomic E-state index is 11.9. The highest BCUT2D eigenvalue weighted by Crippen LogP contribution is 2.36. The number of fused-ring (bicyclic) bond motifs is 1. The topological polar surface area (TPSA) is 121 Å². The lowest BCUT2D eigenvalue weighted by atomic mass is 10.1. The summed E-state index contributed by atoms with van der Waals surface area (Å²) in [5, 5.41) is 28.6. The van der Waals surface area contributed by atoms with Crippen molar-refractivity contribution in [2.75, 3.05) is 0 Å². The Kier molecular flexibility index (Phi) is 4.57. The van der Waals surface area contributed by atoms with Crippen LogP contribution in [-0.2, 0) is 11.2 Å². The van der Waals surface area contributed by atoms with Crippen LogP contribution in [0.25, 0.3) is 10.9 Å². The first-order valence-electron chi connectivity index (χ1n) is 7.12. The summed E-state index contributed by atoms with van der Waals surface area (Å²) in [6, 6.07) is 10.9. The second-order valence-electron chi connectivity index (χ2n) is 5.21. The van der Waals surface area contributed by atoms with Gasteiger partial charge in [-0.05, 0) is 23.8 Å². The van der Waals surface area contributed by atoms with Crippen molar-refractivity contribution in [1.82, 2.24) is 4.98 Å². The maximum absolute atomic E-state index is 11.9. The first kappa shape index (κ1) is 16.8. The fourth-order valence-electron chi connectivity index (χ4n) is 2.29. The number of halogens is 1. The minimum atomic E-state index is -0.528. The molecule has 0 aliphatic rings. The maximum Gasteiger partial charge on any atom is 0.269 e. The zero-order chi connectivity index (χ0) is 18.0. The van der Waals surface area contributed by atoms with Crippen LogP contribution in [0.1, 0.15) is 5.56 Å². The predicted molar refractivity (Wildman–Crippen MR) is 94.0 cm³/mol. The SMILES string of the molecule is O=C(Cc1ccc([N+](=O)[O-])cc1)N=Nc1c(O)[nH]c2cc(Br)ccc12. The number of amides is 1. The predicted octanol–water partition coefficient (Wildman–Crippen LogP) is 4.40. The van der Waals surface area contributed by atoms with Crippen LogP contribution in [0, 0.1) is 10.1 Å². The van der Waals surface area contributed by atoms with E-state index in [1.807, 2.05) is 0 Å². The highest BCUT2D eigenvalue weighted by molar-refractivity contribution is 9.10. The van der Waals surface area contributed by atoms with Crippen molar-refractivity contribution < 1.29 is 14.8 Å². The van der Waals surface area contributed by atoms with Crippen molar-refractivity contribution in [3.63, 3.8) is 0 Å². The van der Waals surface area contributed by atoms with Crippen molar-refractivity contribution in [1.29, 1.82) is 0 Å². The molecule has 0 spiro atoms. The summed E-state index contributed by atoms with van der Waals surface area (Å²) < 4.78 is 0.832. The van der Waals surface area contributed by atoms with Crippen molar-refractivity contribution in [3.05, 3.63) is 62.6 Å². The molecule has 0 aliphatic heterocycles. The van der Waals surface area contributed by atoms with Gasteiger partial charge in [-0.3, -0.25) is 14.9 Å². The molecule has 25 heavy (non-hydrogen) atoms. The van der Waals surface area contributed by atoms with E-state index in [1.54, 1.807) is 18.2 Å². The molecule has 0 radical (unpaired) electrons. The van der Waals surface area contributed by atoms with Gasteiger partial charge < -0.3 is 10.1 Å². The Labute approximate surface area is 149 Å². The monoisotopic (exact) mass is 402 g/mol. The van der Waals surface area contributed by atoms with E-state index in [1.165, 1.54) is 24.3 Å². The lowest BCUT2D eigenvalue weighted by Gasteiger charge is -1.97. The Hall–Kier alpha value is -3.07. The number of nitro benzene ring substituents is 1. The minimum absolute atomic E-state index is 0.0455. The number of benzene rings is 2. The van der Waals surface area contributed by atoms with Gasteiger partial charge in [-0.1, -0.05) is 28.1 Å². The third-order valence-electron chi connectivity index (χ3n) is 3.48. The van der Waals surface area contributed by atoms with Crippen molar-refractivity contribution in [3.8, 4) is 5.88 Å². The first-order valence-corrected chi connectivity index (χ1v) is 7.91.